The minimum Gasteiger partial charge on any atom is -0.481 e. The van der Waals surface area contributed by atoms with Gasteiger partial charge in [0.25, 0.3) is 0 Å². The summed E-state index contributed by atoms with van der Waals surface area (Å²) in [6.07, 6.45) is 2.28. The first-order valence-corrected chi connectivity index (χ1v) is 5.85. The fourth-order valence-electron chi connectivity index (χ4n) is 2.97. The van der Waals surface area contributed by atoms with Crippen LogP contribution in [0, 0.1) is 17.3 Å². The molecule has 90 valence electrons. The summed E-state index contributed by atoms with van der Waals surface area (Å²) in [5, 5.41) is 9.18. The summed E-state index contributed by atoms with van der Waals surface area (Å²) < 4.78 is 5.30. The van der Waals surface area contributed by atoms with Crippen molar-refractivity contribution in [2.45, 2.75) is 45.6 Å². The van der Waals surface area contributed by atoms with Crippen LogP contribution in [-0.4, -0.2) is 23.1 Å². The Bertz CT molecular complexity index is 325. The highest BCUT2D eigenvalue weighted by atomic mass is 16.5. The lowest BCUT2D eigenvalue weighted by Gasteiger charge is -2.44. The Labute approximate surface area is 95.0 Å². The molecule has 2 aliphatic rings. The van der Waals surface area contributed by atoms with Gasteiger partial charge in [0.2, 0.25) is 0 Å². The third kappa shape index (κ3) is 1.81. The van der Waals surface area contributed by atoms with Crippen molar-refractivity contribution in [2.75, 3.05) is 0 Å². The van der Waals surface area contributed by atoms with Crippen molar-refractivity contribution >= 4 is 11.9 Å². The molecular formula is C12H18O4. The SMILES string of the molecule is CC1CC(=O)OC2CC(C)(C(=O)O)CCC12. The number of fused-ring (bicyclic) bond motifs is 1. The Kier molecular flexibility index (Phi) is 2.68. The van der Waals surface area contributed by atoms with E-state index in [4.69, 9.17) is 4.74 Å². The predicted octanol–water partition coefficient (Wildman–Crippen LogP) is 1.83. The van der Waals surface area contributed by atoms with Gasteiger partial charge in [0.05, 0.1) is 5.41 Å². The Morgan fingerprint density at radius 3 is 2.88 bits per heavy atom. The average molecular weight is 226 g/mol. The van der Waals surface area contributed by atoms with Crippen molar-refractivity contribution in [2.24, 2.45) is 17.3 Å². The van der Waals surface area contributed by atoms with E-state index < -0.39 is 11.4 Å². The quantitative estimate of drug-likeness (QED) is 0.693. The molecule has 0 bridgehead atoms. The number of rotatable bonds is 1. The van der Waals surface area contributed by atoms with Gasteiger partial charge < -0.3 is 9.84 Å². The molecule has 1 N–H and O–H groups in total. The maximum Gasteiger partial charge on any atom is 0.309 e. The minimum atomic E-state index is -0.778. The number of esters is 1. The summed E-state index contributed by atoms with van der Waals surface area (Å²) >= 11 is 0. The number of hydrogen-bond acceptors (Lipinski definition) is 3. The fraction of sp³-hybridized carbons (Fsp3) is 0.833. The van der Waals surface area contributed by atoms with Crippen LogP contribution in [0.5, 0.6) is 0 Å². The smallest absolute Gasteiger partial charge is 0.309 e. The van der Waals surface area contributed by atoms with Gasteiger partial charge in [-0.1, -0.05) is 6.92 Å². The Morgan fingerprint density at radius 1 is 1.56 bits per heavy atom. The molecule has 16 heavy (non-hydrogen) atoms. The molecule has 1 saturated carbocycles. The second-order valence-electron chi connectivity index (χ2n) is 5.48. The van der Waals surface area contributed by atoms with Crippen LogP contribution >= 0.6 is 0 Å². The van der Waals surface area contributed by atoms with Gasteiger partial charge in [-0.3, -0.25) is 9.59 Å². The van der Waals surface area contributed by atoms with E-state index in [1.54, 1.807) is 6.92 Å². The molecule has 2 rings (SSSR count). The Hall–Kier alpha value is -1.06. The lowest BCUT2D eigenvalue weighted by Crippen LogP contribution is -2.47. The average Bonchev–Trinajstić information content (AvgIpc) is 2.16. The molecule has 0 spiro atoms. The summed E-state index contributed by atoms with van der Waals surface area (Å²) in [5.41, 5.74) is -0.724. The van der Waals surface area contributed by atoms with Gasteiger partial charge in [-0.25, -0.2) is 0 Å². The van der Waals surface area contributed by atoms with Crippen molar-refractivity contribution in [3.63, 3.8) is 0 Å². The molecule has 1 saturated heterocycles. The maximum absolute atomic E-state index is 11.3. The van der Waals surface area contributed by atoms with Crippen LogP contribution in [0.1, 0.15) is 39.5 Å². The molecule has 0 aromatic rings. The molecule has 0 radical (unpaired) electrons. The summed E-state index contributed by atoms with van der Waals surface area (Å²) in [6.45, 7) is 3.81. The van der Waals surface area contributed by atoms with E-state index in [9.17, 15) is 14.7 Å². The number of hydrogen-bond donors (Lipinski definition) is 1. The van der Waals surface area contributed by atoms with E-state index in [1.807, 2.05) is 0 Å². The highest BCUT2D eigenvalue weighted by Gasteiger charge is 2.47. The minimum absolute atomic E-state index is 0.177. The molecule has 1 heterocycles. The predicted molar refractivity (Wildman–Crippen MR) is 56.7 cm³/mol. The Morgan fingerprint density at radius 2 is 2.25 bits per heavy atom. The standard InChI is InChI=1S/C12H18O4/c1-7-5-10(13)16-9-6-12(2,11(14)15)4-3-8(7)9/h7-9H,3-6H2,1-2H3,(H,14,15). The van der Waals surface area contributed by atoms with Crippen LogP contribution in [0.25, 0.3) is 0 Å². The molecule has 4 nitrogen and oxygen atoms in total. The van der Waals surface area contributed by atoms with Gasteiger partial charge in [0, 0.05) is 12.8 Å². The molecular weight excluding hydrogens is 208 g/mol. The molecule has 4 atom stereocenters. The second-order valence-corrected chi connectivity index (χ2v) is 5.48. The number of carboxylic acid groups (broad SMARTS) is 1. The highest BCUT2D eigenvalue weighted by molar-refractivity contribution is 5.75. The molecule has 0 aromatic carbocycles. The third-order valence-electron chi connectivity index (χ3n) is 4.18. The van der Waals surface area contributed by atoms with Crippen LogP contribution in [0.2, 0.25) is 0 Å². The van der Waals surface area contributed by atoms with E-state index in [2.05, 4.69) is 6.92 Å². The zero-order chi connectivity index (χ0) is 11.9. The van der Waals surface area contributed by atoms with Crippen LogP contribution in [0.4, 0.5) is 0 Å². The van der Waals surface area contributed by atoms with Gasteiger partial charge in [-0.05, 0) is 31.6 Å². The van der Waals surface area contributed by atoms with Crippen LogP contribution in [-0.2, 0) is 14.3 Å². The van der Waals surface area contributed by atoms with Gasteiger partial charge in [0.1, 0.15) is 6.10 Å². The topological polar surface area (TPSA) is 63.6 Å². The van der Waals surface area contributed by atoms with Crippen molar-refractivity contribution in [3.8, 4) is 0 Å². The van der Waals surface area contributed by atoms with Crippen LogP contribution in [0.3, 0.4) is 0 Å². The normalized spacial score (nSPS) is 43.4. The fourth-order valence-corrected chi connectivity index (χ4v) is 2.97. The van der Waals surface area contributed by atoms with E-state index >= 15 is 0 Å². The maximum atomic E-state index is 11.3. The van der Waals surface area contributed by atoms with Gasteiger partial charge in [-0.15, -0.1) is 0 Å². The monoisotopic (exact) mass is 226 g/mol. The number of carbonyl (C=O) groups excluding carboxylic acids is 1. The summed E-state index contributed by atoms with van der Waals surface area (Å²) in [6, 6.07) is 0. The van der Waals surface area contributed by atoms with E-state index in [-0.39, 0.29) is 12.1 Å². The van der Waals surface area contributed by atoms with E-state index in [0.717, 1.165) is 6.42 Å². The van der Waals surface area contributed by atoms with Crippen LogP contribution < -0.4 is 0 Å². The summed E-state index contributed by atoms with van der Waals surface area (Å²) in [4.78, 5) is 22.5. The lowest BCUT2D eigenvalue weighted by atomic mass is 9.66. The lowest BCUT2D eigenvalue weighted by molar-refractivity contribution is -0.176. The van der Waals surface area contributed by atoms with Crippen molar-refractivity contribution in [1.29, 1.82) is 0 Å². The van der Waals surface area contributed by atoms with Crippen molar-refractivity contribution < 1.29 is 19.4 Å². The first kappa shape index (κ1) is 11.4. The van der Waals surface area contributed by atoms with E-state index in [0.29, 0.717) is 31.1 Å². The summed E-state index contributed by atoms with van der Waals surface area (Å²) in [5.74, 6) is -0.279. The largest absolute Gasteiger partial charge is 0.481 e. The van der Waals surface area contributed by atoms with Gasteiger partial charge in [0.15, 0.2) is 0 Å². The van der Waals surface area contributed by atoms with Gasteiger partial charge >= 0.3 is 11.9 Å². The number of aliphatic carboxylic acids is 1. The van der Waals surface area contributed by atoms with Crippen molar-refractivity contribution in [3.05, 3.63) is 0 Å². The molecule has 4 unspecified atom stereocenters. The zero-order valence-corrected chi connectivity index (χ0v) is 9.73. The second kappa shape index (κ2) is 3.75. The highest BCUT2D eigenvalue weighted by Crippen LogP contribution is 2.45. The van der Waals surface area contributed by atoms with Gasteiger partial charge in [-0.2, -0.15) is 0 Å². The third-order valence-corrected chi connectivity index (χ3v) is 4.18. The number of carbonyl (C=O) groups is 2. The molecule has 1 aliphatic carbocycles. The molecule has 0 aromatic heterocycles. The number of carboxylic acids is 1. The molecule has 0 amide bonds. The van der Waals surface area contributed by atoms with Crippen LogP contribution in [0.15, 0.2) is 0 Å². The first-order valence-electron chi connectivity index (χ1n) is 5.85. The number of ether oxygens (including phenoxy) is 1. The van der Waals surface area contributed by atoms with E-state index in [1.165, 1.54) is 0 Å². The van der Waals surface area contributed by atoms with Crippen molar-refractivity contribution in [1.82, 2.24) is 0 Å². The first-order chi connectivity index (χ1) is 7.42. The molecule has 2 fully saturated rings. The summed E-state index contributed by atoms with van der Waals surface area (Å²) in [7, 11) is 0. The Balaban J connectivity index is 2.14. The zero-order valence-electron chi connectivity index (χ0n) is 9.73. The molecule has 4 heteroatoms. The molecule has 1 aliphatic heterocycles.